The molecule has 3 heterocycles. The zero-order chi connectivity index (χ0) is 26.3. The Labute approximate surface area is 233 Å². The summed E-state index contributed by atoms with van der Waals surface area (Å²) in [5.74, 6) is 1.37. The van der Waals surface area contributed by atoms with E-state index in [0.29, 0.717) is 17.8 Å². The van der Waals surface area contributed by atoms with Gasteiger partial charge in [0.2, 0.25) is 0 Å². The molecule has 2 aliphatic heterocycles. The van der Waals surface area contributed by atoms with Gasteiger partial charge in [-0.2, -0.15) is 0 Å². The minimum atomic E-state index is 0.474. The summed E-state index contributed by atoms with van der Waals surface area (Å²) >= 11 is 1.99. The zero-order valence-electron chi connectivity index (χ0n) is 22.2. The van der Waals surface area contributed by atoms with Crippen LogP contribution in [0.4, 0.5) is 5.69 Å². The Kier molecular flexibility index (Phi) is 6.34. The standard InChI is InChI=1S/C34H30N2O2S/c1-37-20-18-26-25-16-17-29(36-32(25)31-28(33(26)38-2)10-6-19-35-31)22-14-12-21(13-15-22)23-8-5-9-27-24-7-3-4-11-30(24)39-34(23)27/h3-15,19,24,30H,16-18,20H2,1-2H3. The molecule has 0 saturated carbocycles. The van der Waals surface area contributed by atoms with Gasteiger partial charge in [-0.05, 0) is 59.2 Å². The Bertz CT molecular complexity index is 1670. The molecule has 3 aliphatic rings. The minimum Gasteiger partial charge on any atom is -0.496 e. The first kappa shape index (κ1) is 24.4. The molecule has 1 aliphatic carbocycles. The predicted molar refractivity (Wildman–Crippen MR) is 161 cm³/mol. The summed E-state index contributed by atoms with van der Waals surface area (Å²) in [6.07, 6.45) is 13.4. The molecule has 194 valence electrons. The third kappa shape index (κ3) is 4.12. The Balaban J connectivity index is 1.27. The number of aliphatic imine (C=N–C) groups is 1. The van der Waals surface area contributed by atoms with E-state index < -0.39 is 0 Å². The van der Waals surface area contributed by atoms with Crippen LogP contribution in [-0.2, 0) is 17.6 Å². The summed E-state index contributed by atoms with van der Waals surface area (Å²) in [5.41, 5.74) is 10.6. The molecule has 1 aromatic heterocycles. The molecule has 3 aromatic carbocycles. The maximum Gasteiger partial charge on any atom is 0.131 e. The van der Waals surface area contributed by atoms with Crippen LogP contribution in [0.3, 0.4) is 0 Å². The number of allylic oxidation sites excluding steroid dienone is 3. The summed E-state index contributed by atoms with van der Waals surface area (Å²) in [4.78, 5) is 11.4. The van der Waals surface area contributed by atoms with Crippen molar-refractivity contribution < 1.29 is 9.47 Å². The van der Waals surface area contributed by atoms with E-state index in [-0.39, 0.29) is 0 Å². The van der Waals surface area contributed by atoms with Crippen molar-refractivity contribution in [3.05, 3.63) is 107 Å². The topological polar surface area (TPSA) is 43.7 Å². The average molecular weight is 531 g/mol. The Morgan fingerprint density at radius 2 is 1.77 bits per heavy atom. The number of pyridine rings is 1. The molecular formula is C34H30N2O2S. The van der Waals surface area contributed by atoms with Crippen molar-refractivity contribution >= 4 is 34.1 Å². The number of rotatable bonds is 6. The fourth-order valence-electron chi connectivity index (χ4n) is 6.23. The Morgan fingerprint density at radius 3 is 2.62 bits per heavy atom. The molecule has 0 saturated heterocycles. The van der Waals surface area contributed by atoms with Gasteiger partial charge >= 0.3 is 0 Å². The van der Waals surface area contributed by atoms with Gasteiger partial charge in [-0.1, -0.05) is 66.8 Å². The van der Waals surface area contributed by atoms with Gasteiger partial charge in [0.25, 0.3) is 0 Å². The van der Waals surface area contributed by atoms with E-state index in [1.165, 1.54) is 38.3 Å². The molecule has 0 bridgehead atoms. The van der Waals surface area contributed by atoms with Crippen LogP contribution in [0.5, 0.6) is 5.75 Å². The van der Waals surface area contributed by atoms with Gasteiger partial charge in [0.05, 0.1) is 24.9 Å². The molecule has 0 N–H and O–H groups in total. The highest BCUT2D eigenvalue weighted by Gasteiger charge is 2.32. The smallest absolute Gasteiger partial charge is 0.131 e. The van der Waals surface area contributed by atoms with E-state index in [1.807, 2.05) is 24.0 Å². The van der Waals surface area contributed by atoms with Crippen molar-refractivity contribution in [2.75, 3.05) is 20.8 Å². The third-order valence-electron chi connectivity index (χ3n) is 8.09. The molecule has 4 nitrogen and oxygen atoms in total. The predicted octanol–water partition coefficient (Wildman–Crippen LogP) is 7.85. The molecule has 0 amide bonds. The van der Waals surface area contributed by atoms with Crippen LogP contribution in [0.2, 0.25) is 0 Å². The lowest BCUT2D eigenvalue weighted by Gasteiger charge is -2.23. The minimum absolute atomic E-state index is 0.474. The highest BCUT2D eigenvalue weighted by Crippen LogP contribution is 2.51. The SMILES string of the molecule is COCCc1c2c(c3ncccc3c1OC)N=C(c1ccc(-c3cccc4c3SC3C=CC=CC43)cc1)CC2. The van der Waals surface area contributed by atoms with Crippen molar-refractivity contribution in [2.24, 2.45) is 4.99 Å². The first-order chi connectivity index (χ1) is 19.3. The Morgan fingerprint density at radius 1 is 0.923 bits per heavy atom. The van der Waals surface area contributed by atoms with Crippen LogP contribution in [-0.4, -0.2) is 36.8 Å². The fourth-order valence-corrected chi connectivity index (χ4v) is 7.71. The highest BCUT2D eigenvalue weighted by atomic mass is 32.2. The van der Waals surface area contributed by atoms with Crippen LogP contribution in [0.25, 0.3) is 22.0 Å². The summed E-state index contributed by atoms with van der Waals surface area (Å²) in [5, 5.41) is 1.50. The number of ether oxygens (including phenoxy) is 2. The zero-order valence-corrected chi connectivity index (χ0v) is 23.0. The molecule has 5 heteroatoms. The van der Waals surface area contributed by atoms with E-state index in [1.54, 1.807) is 14.2 Å². The lowest BCUT2D eigenvalue weighted by atomic mass is 9.89. The van der Waals surface area contributed by atoms with Crippen LogP contribution >= 0.6 is 11.8 Å². The number of aromatic nitrogens is 1. The van der Waals surface area contributed by atoms with Crippen LogP contribution < -0.4 is 4.74 Å². The van der Waals surface area contributed by atoms with Gasteiger partial charge in [-0.25, -0.2) is 0 Å². The van der Waals surface area contributed by atoms with Gasteiger partial charge < -0.3 is 9.47 Å². The van der Waals surface area contributed by atoms with E-state index in [9.17, 15) is 0 Å². The van der Waals surface area contributed by atoms with Gasteiger partial charge in [0.15, 0.2) is 0 Å². The molecule has 4 aromatic rings. The number of hydrogen-bond acceptors (Lipinski definition) is 5. The number of hydrogen-bond donors (Lipinski definition) is 0. The summed E-state index contributed by atoms with van der Waals surface area (Å²) in [7, 11) is 3.48. The number of thioether (sulfide) groups is 1. The second-order valence-corrected chi connectivity index (χ2v) is 11.4. The molecule has 0 fully saturated rings. The van der Waals surface area contributed by atoms with Gasteiger partial charge in [0.1, 0.15) is 5.75 Å². The second kappa shape index (κ2) is 10.1. The van der Waals surface area contributed by atoms with Crippen molar-refractivity contribution in [1.82, 2.24) is 4.98 Å². The molecule has 0 radical (unpaired) electrons. The highest BCUT2D eigenvalue weighted by molar-refractivity contribution is 8.00. The molecule has 0 spiro atoms. The number of nitrogens with zero attached hydrogens (tertiary/aromatic N) is 2. The van der Waals surface area contributed by atoms with E-state index >= 15 is 0 Å². The molecule has 2 atom stereocenters. The van der Waals surface area contributed by atoms with Gasteiger partial charge in [0, 0.05) is 46.0 Å². The van der Waals surface area contributed by atoms with E-state index in [4.69, 9.17) is 19.5 Å². The van der Waals surface area contributed by atoms with Crippen LogP contribution in [0.15, 0.2) is 95.0 Å². The first-order valence-corrected chi connectivity index (χ1v) is 14.4. The van der Waals surface area contributed by atoms with Crippen LogP contribution in [0.1, 0.15) is 34.6 Å². The lowest BCUT2D eigenvalue weighted by molar-refractivity contribution is 0.201. The normalized spacial score (nSPS) is 19.0. The molecule has 2 unspecified atom stereocenters. The van der Waals surface area contributed by atoms with E-state index in [0.717, 1.165) is 47.3 Å². The first-order valence-electron chi connectivity index (χ1n) is 13.5. The van der Waals surface area contributed by atoms with Crippen molar-refractivity contribution in [2.45, 2.75) is 35.3 Å². The van der Waals surface area contributed by atoms with Crippen molar-refractivity contribution in [3.63, 3.8) is 0 Å². The molecule has 7 rings (SSSR count). The number of methoxy groups -OCH3 is 2. The van der Waals surface area contributed by atoms with Crippen molar-refractivity contribution in [1.29, 1.82) is 0 Å². The second-order valence-electron chi connectivity index (χ2n) is 10.2. The maximum atomic E-state index is 5.90. The largest absolute Gasteiger partial charge is 0.496 e. The summed E-state index contributed by atoms with van der Waals surface area (Å²) in [6, 6.07) is 19.8. The molecule has 39 heavy (non-hydrogen) atoms. The quantitative estimate of drug-likeness (QED) is 0.255. The summed E-state index contributed by atoms with van der Waals surface area (Å²) < 4.78 is 11.3. The maximum absolute atomic E-state index is 5.90. The van der Waals surface area contributed by atoms with Gasteiger partial charge in [-0.3, -0.25) is 9.98 Å². The average Bonchev–Trinajstić information content (AvgIpc) is 3.38. The number of benzene rings is 3. The number of fused-ring (bicyclic) bond motifs is 6. The lowest BCUT2D eigenvalue weighted by Crippen LogP contribution is -2.12. The molecular weight excluding hydrogens is 500 g/mol. The fraction of sp³-hybridized carbons (Fsp3) is 0.235. The van der Waals surface area contributed by atoms with Gasteiger partial charge in [-0.15, -0.1) is 11.8 Å². The Hall–Kier alpha value is -3.67. The van der Waals surface area contributed by atoms with E-state index in [2.05, 4.69) is 72.8 Å². The third-order valence-corrected chi connectivity index (χ3v) is 9.51. The van der Waals surface area contributed by atoms with Crippen molar-refractivity contribution in [3.8, 4) is 16.9 Å². The van der Waals surface area contributed by atoms with Crippen LogP contribution in [0, 0.1) is 0 Å². The summed E-state index contributed by atoms with van der Waals surface area (Å²) in [6.45, 7) is 0.641. The monoisotopic (exact) mass is 530 g/mol.